The maximum atomic E-state index is 12.9. The standard InChI is InChI=1S/C27H26ClN7O4S/c1-19-24(27(33-14-5-6-15-33)34(31-19)22-10-3-2-4-11-22)18-29-30-25-13-12-23(17-26(25)35(36)37)40(38,39)32-21-9-7-8-20(28)16-21/h2-4,7-13,16-18,30,32H,5-6,14-15H2,1H3. The number of hydrazone groups is 1. The van der Waals surface area contributed by atoms with E-state index in [1.807, 2.05) is 41.9 Å². The van der Waals surface area contributed by atoms with Gasteiger partial charge in [-0.3, -0.25) is 20.3 Å². The molecule has 0 radical (unpaired) electrons. The predicted octanol–water partition coefficient (Wildman–Crippen LogP) is 5.59. The van der Waals surface area contributed by atoms with Gasteiger partial charge in [-0.1, -0.05) is 35.9 Å². The Bertz CT molecular complexity index is 1680. The van der Waals surface area contributed by atoms with Gasteiger partial charge < -0.3 is 4.90 Å². The van der Waals surface area contributed by atoms with Crippen LogP contribution in [-0.2, 0) is 10.0 Å². The van der Waals surface area contributed by atoms with Crippen LogP contribution in [0.4, 0.5) is 22.9 Å². The molecule has 1 aliphatic heterocycles. The van der Waals surface area contributed by atoms with E-state index in [1.165, 1.54) is 24.3 Å². The van der Waals surface area contributed by atoms with Crippen molar-refractivity contribution in [1.82, 2.24) is 9.78 Å². The molecular weight excluding hydrogens is 554 g/mol. The summed E-state index contributed by atoms with van der Waals surface area (Å²) >= 11 is 5.94. The summed E-state index contributed by atoms with van der Waals surface area (Å²) in [6.07, 6.45) is 3.73. The minimum atomic E-state index is -4.11. The van der Waals surface area contributed by atoms with E-state index in [4.69, 9.17) is 16.7 Å². The number of aromatic nitrogens is 2. The molecule has 0 amide bonds. The van der Waals surface area contributed by atoms with Crippen molar-refractivity contribution in [3.63, 3.8) is 0 Å². The van der Waals surface area contributed by atoms with Crippen LogP contribution in [0.2, 0.25) is 5.02 Å². The molecule has 1 aromatic heterocycles. The molecule has 0 unspecified atom stereocenters. The van der Waals surface area contributed by atoms with Gasteiger partial charge in [-0.25, -0.2) is 13.1 Å². The van der Waals surface area contributed by atoms with Crippen molar-refractivity contribution in [1.29, 1.82) is 0 Å². The van der Waals surface area contributed by atoms with E-state index in [1.54, 1.807) is 18.3 Å². The molecule has 0 bridgehead atoms. The van der Waals surface area contributed by atoms with Gasteiger partial charge >= 0.3 is 0 Å². The summed E-state index contributed by atoms with van der Waals surface area (Å²) in [4.78, 5) is 13.2. The number of benzene rings is 3. The number of nitro groups is 1. The van der Waals surface area contributed by atoms with E-state index < -0.39 is 20.6 Å². The molecule has 1 fully saturated rings. The van der Waals surface area contributed by atoms with Crippen LogP contribution in [-0.4, -0.2) is 42.4 Å². The fourth-order valence-corrected chi connectivity index (χ4v) is 5.78. The van der Waals surface area contributed by atoms with Crippen molar-refractivity contribution in [3.05, 3.63) is 99.2 Å². The van der Waals surface area contributed by atoms with Crippen LogP contribution in [0.15, 0.2) is 82.8 Å². The monoisotopic (exact) mass is 579 g/mol. The average molecular weight is 580 g/mol. The maximum absolute atomic E-state index is 12.9. The lowest BCUT2D eigenvalue weighted by atomic mass is 10.2. The van der Waals surface area contributed by atoms with Gasteiger partial charge in [0.15, 0.2) is 0 Å². The van der Waals surface area contributed by atoms with E-state index in [-0.39, 0.29) is 16.3 Å². The molecule has 206 valence electrons. The first kappa shape index (κ1) is 27.2. The molecule has 4 aromatic rings. The molecule has 13 heteroatoms. The van der Waals surface area contributed by atoms with Crippen LogP contribution in [0.3, 0.4) is 0 Å². The Morgan fingerprint density at radius 1 is 1.05 bits per heavy atom. The minimum absolute atomic E-state index is 0.0405. The van der Waals surface area contributed by atoms with Gasteiger partial charge in [0, 0.05) is 24.2 Å². The van der Waals surface area contributed by atoms with Crippen molar-refractivity contribution < 1.29 is 13.3 Å². The molecule has 2 N–H and O–H groups in total. The smallest absolute Gasteiger partial charge is 0.295 e. The normalized spacial score (nSPS) is 13.6. The molecule has 0 aliphatic carbocycles. The Morgan fingerprint density at radius 2 is 1.80 bits per heavy atom. The summed E-state index contributed by atoms with van der Waals surface area (Å²) in [5.74, 6) is 0.898. The predicted molar refractivity (Wildman–Crippen MR) is 156 cm³/mol. The third-order valence-electron chi connectivity index (χ3n) is 6.42. The second-order valence-electron chi connectivity index (χ2n) is 9.19. The fourth-order valence-electron chi connectivity index (χ4n) is 4.52. The number of nitrogens with zero attached hydrogens (tertiary/aromatic N) is 5. The van der Waals surface area contributed by atoms with Gasteiger partial charge in [0.2, 0.25) is 0 Å². The zero-order valence-corrected chi connectivity index (χ0v) is 23.1. The van der Waals surface area contributed by atoms with Crippen LogP contribution in [0.5, 0.6) is 0 Å². The molecule has 1 aliphatic rings. The zero-order chi connectivity index (χ0) is 28.3. The average Bonchev–Trinajstić information content (AvgIpc) is 3.57. The summed E-state index contributed by atoms with van der Waals surface area (Å²) in [5.41, 5.74) is 5.00. The molecular formula is C27H26ClN7O4S. The van der Waals surface area contributed by atoms with E-state index in [0.29, 0.717) is 5.02 Å². The Labute approximate surface area is 236 Å². The van der Waals surface area contributed by atoms with Gasteiger partial charge in [-0.05, 0) is 62.2 Å². The molecule has 0 atom stereocenters. The molecule has 5 rings (SSSR count). The fraction of sp³-hybridized carbons (Fsp3) is 0.185. The summed E-state index contributed by atoms with van der Waals surface area (Å²) in [6, 6.07) is 19.5. The van der Waals surface area contributed by atoms with Crippen molar-refractivity contribution in [2.75, 3.05) is 28.1 Å². The topological polar surface area (TPSA) is 135 Å². The van der Waals surface area contributed by atoms with Crippen molar-refractivity contribution in [3.8, 4) is 5.69 Å². The van der Waals surface area contributed by atoms with Crippen molar-refractivity contribution in [2.45, 2.75) is 24.7 Å². The lowest BCUT2D eigenvalue weighted by molar-refractivity contribution is -0.384. The highest BCUT2D eigenvalue weighted by molar-refractivity contribution is 7.92. The highest BCUT2D eigenvalue weighted by atomic mass is 35.5. The summed E-state index contributed by atoms with van der Waals surface area (Å²) in [6.45, 7) is 3.66. The molecule has 40 heavy (non-hydrogen) atoms. The number of anilines is 3. The van der Waals surface area contributed by atoms with Crippen LogP contribution in [0, 0.1) is 17.0 Å². The third kappa shape index (κ3) is 5.77. The zero-order valence-electron chi connectivity index (χ0n) is 21.5. The highest BCUT2D eigenvalue weighted by Gasteiger charge is 2.24. The number of nitro benzene ring substituents is 1. The Hall–Kier alpha value is -4.42. The first-order valence-electron chi connectivity index (χ1n) is 12.5. The molecule has 0 spiro atoms. The minimum Gasteiger partial charge on any atom is -0.356 e. The lowest BCUT2D eigenvalue weighted by Crippen LogP contribution is -2.22. The molecule has 11 nitrogen and oxygen atoms in total. The lowest BCUT2D eigenvalue weighted by Gasteiger charge is -2.20. The second kappa shape index (κ2) is 11.4. The van der Waals surface area contributed by atoms with Crippen LogP contribution in [0.25, 0.3) is 5.69 Å². The van der Waals surface area contributed by atoms with Gasteiger partial charge in [-0.15, -0.1) is 0 Å². The van der Waals surface area contributed by atoms with Crippen LogP contribution < -0.4 is 15.0 Å². The third-order valence-corrected chi connectivity index (χ3v) is 8.03. The van der Waals surface area contributed by atoms with E-state index in [2.05, 4.69) is 20.1 Å². The first-order chi connectivity index (χ1) is 19.2. The molecule has 1 saturated heterocycles. The van der Waals surface area contributed by atoms with Crippen LogP contribution in [0.1, 0.15) is 24.1 Å². The Kier molecular flexibility index (Phi) is 7.71. The van der Waals surface area contributed by atoms with Gasteiger partial charge in [-0.2, -0.15) is 10.2 Å². The molecule has 3 aromatic carbocycles. The van der Waals surface area contributed by atoms with Crippen LogP contribution >= 0.6 is 11.6 Å². The number of aryl methyl sites for hydroxylation is 1. The maximum Gasteiger partial charge on any atom is 0.295 e. The number of hydrogen-bond donors (Lipinski definition) is 2. The summed E-state index contributed by atoms with van der Waals surface area (Å²) < 4.78 is 30.0. The molecule has 0 saturated carbocycles. The first-order valence-corrected chi connectivity index (χ1v) is 14.3. The van der Waals surface area contributed by atoms with Gasteiger partial charge in [0.05, 0.1) is 38.7 Å². The van der Waals surface area contributed by atoms with E-state index in [0.717, 1.165) is 54.8 Å². The van der Waals surface area contributed by atoms with Crippen molar-refractivity contribution >= 4 is 50.7 Å². The number of sulfonamides is 1. The second-order valence-corrected chi connectivity index (χ2v) is 11.3. The SMILES string of the molecule is Cc1nn(-c2ccccc2)c(N2CCCC2)c1C=NNc1ccc(S(=O)(=O)Nc2cccc(Cl)c2)cc1[N+](=O)[O-]. The van der Waals surface area contributed by atoms with Crippen molar-refractivity contribution in [2.24, 2.45) is 5.10 Å². The number of rotatable bonds is 9. The molecule has 2 heterocycles. The highest BCUT2D eigenvalue weighted by Crippen LogP contribution is 2.31. The Morgan fingerprint density at radius 3 is 2.50 bits per heavy atom. The van der Waals surface area contributed by atoms with Gasteiger partial charge in [0.25, 0.3) is 15.7 Å². The quantitative estimate of drug-likeness (QED) is 0.150. The largest absolute Gasteiger partial charge is 0.356 e. The number of halogens is 1. The number of para-hydroxylation sites is 1. The van der Waals surface area contributed by atoms with E-state index >= 15 is 0 Å². The summed E-state index contributed by atoms with van der Waals surface area (Å²) in [5, 5.41) is 21.2. The number of nitrogens with one attached hydrogen (secondary N) is 2. The Balaban J connectivity index is 1.43. The van der Waals surface area contributed by atoms with E-state index in [9.17, 15) is 18.5 Å². The summed E-state index contributed by atoms with van der Waals surface area (Å²) in [7, 11) is -4.11. The number of hydrogen-bond acceptors (Lipinski definition) is 8. The van der Waals surface area contributed by atoms with Gasteiger partial charge in [0.1, 0.15) is 11.5 Å².